The molecule has 0 aliphatic rings. The van der Waals surface area contributed by atoms with Gasteiger partial charge < -0.3 is 5.11 Å². The van der Waals surface area contributed by atoms with Crippen molar-refractivity contribution < 1.29 is 5.11 Å². The molecule has 1 rings (SSSR count). The Morgan fingerprint density at radius 3 is 2.60 bits per heavy atom. The number of aliphatic hydroxyl groups excluding tert-OH is 1. The first-order valence-corrected chi connectivity index (χ1v) is 5.35. The van der Waals surface area contributed by atoms with E-state index in [4.69, 9.17) is 0 Å². The van der Waals surface area contributed by atoms with Gasteiger partial charge in [-0.15, -0.1) is 0 Å². The lowest BCUT2D eigenvalue weighted by molar-refractivity contribution is 0.169. The average molecular weight is 202 g/mol. The molecule has 0 amide bonds. The van der Waals surface area contributed by atoms with Gasteiger partial charge in [0.05, 0.1) is 6.10 Å². The fraction of sp³-hybridized carbons (Fsp3) is 0.286. The van der Waals surface area contributed by atoms with E-state index in [1.807, 2.05) is 55.5 Å². The molecule has 0 aromatic heterocycles. The van der Waals surface area contributed by atoms with E-state index in [1.54, 1.807) is 0 Å². The van der Waals surface area contributed by atoms with Crippen molar-refractivity contribution in [2.24, 2.45) is 0 Å². The number of hydrogen-bond donors (Lipinski definition) is 1. The first-order valence-electron chi connectivity index (χ1n) is 5.35. The van der Waals surface area contributed by atoms with Crippen LogP contribution in [-0.4, -0.2) is 5.11 Å². The maximum atomic E-state index is 9.83. The summed E-state index contributed by atoms with van der Waals surface area (Å²) >= 11 is 0. The second kappa shape index (κ2) is 7.02. The zero-order valence-electron chi connectivity index (χ0n) is 9.13. The van der Waals surface area contributed by atoms with Gasteiger partial charge in [-0.05, 0) is 25.3 Å². The third-order valence-electron chi connectivity index (χ3n) is 2.23. The molecule has 0 radical (unpaired) electrons. The van der Waals surface area contributed by atoms with Crippen molar-refractivity contribution in [1.29, 1.82) is 0 Å². The molecule has 1 nitrogen and oxygen atoms in total. The minimum atomic E-state index is -0.346. The lowest BCUT2D eigenvalue weighted by Crippen LogP contribution is -1.95. The fourth-order valence-electron chi connectivity index (χ4n) is 1.38. The van der Waals surface area contributed by atoms with Crippen LogP contribution < -0.4 is 0 Å². The smallest absolute Gasteiger partial charge is 0.0793 e. The van der Waals surface area contributed by atoms with E-state index in [0.717, 1.165) is 18.4 Å². The van der Waals surface area contributed by atoms with Crippen molar-refractivity contribution in [1.82, 2.24) is 0 Å². The van der Waals surface area contributed by atoms with Crippen molar-refractivity contribution in [2.45, 2.75) is 25.9 Å². The van der Waals surface area contributed by atoms with Gasteiger partial charge in [0.25, 0.3) is 0 Å². The van der Waals surface area contributed by atoms with Crippen LogP contribution in [-0.2, 0) is 0 Å². The molecule has 80 valence electrons. The molecule has 0 saturated carbocycles. The van der Waals surface area contributed by atoms with Crippen LogP contribution in [0.2, 0.25) is 0 Å². The van der Waals surface area contributed by atoms with Crippen LogP contribution in [0, 0.1) is 0 Å². The highest BCUT2D eigenvalue weighted by atomic mass is 16.3. The van der Waals surface area contributed by atoms with Crippen LogP contribution in [0.1, 0.15) is 31.4 Å². The Morgan fingerprint density at radius 2 is 1.93 bits per heavy atom. The molecule has 1 N–H and O–H groups in total. The van der Waals surface area contributed by atoms with Gasteiger partial charge in [0.1, 0.15) is 0 Å². The van der Waals surface area contributed by atoms with Crippen LogP contribution in [0.5, 0.6) is 0 Å². The van der Waals surface area contributed by atoms with Crippen LogP contribution >= 0.6 is 0 Å². The normalized spacial score (nSPS) is 13.7. The molecule has 15 heavy (non-hydrogen) atoms. The minimum Gasteiger partial charge on any atom is -0.388 e. The number of aliphatic hydroxyl groups is 1. The lowest BCUT2D eigenvalue weighted by atomic mass is 10.1. The summed E-state index contributed by atoms with van der Waals surface area (Å²) in [6.45, 7) is 1.99. The summed E-state index contributed by atoms with van der Waals surface area (Å²) in [6, 6.07) is 9.78. The first kappa shape index (κ1) is 11.7. The van der Waals surface area contributed by atoms with E-state index in [9.17, 15) is 5.11 Å². The van der Waals surface area contributed by atoms with Crippen LogP contribution in [0.15, 0.2) is 54.6 Å². The number of hydrogen-bond acceptors (Lipinski definition) is 1. The Kier molecular flexibility index (Phi) is 5.49. The second-order valence-corrected chi connectivity index (χ2v) is 3.46. The summed E-state index contributed by atoms with van der Waals surface area (Å²) in [7, 11) is 0. The van der Waals surface area contributed by atoms with E-state index in [-0.39, 0.29) is 6.10 Å². The van der Waals surface area contributed by atoms with E-state index in [0.29, 0.717) is 0 Å². The first-order chi connectivity index (χ1) is 7.34. The van der Waals surface area contributed by atoms with E-state index in [1.165, 1.54) is 0 Å². The predicted molar refractivity (Wildman–Crippen MR) is 64.6 cm³/mol. The number of benzene rings is 1. The molecule has 1 atom stereocenters. The summed E-state index contributed by atoms with van der Waals surface area (Å²) in [5.41, 5.74) is 0.997. The highest BCUT2D eigenvalue weighted by Gasteiger charge is 2.04. The summed E-state index contributed by atoms with van der Waals surface area (Å²) in [5, 5.41) is 9.83. The molecule has 0 saturated heterocycles. The van der Waals surface area contributed by atoms with Gasteiger partial charge in [0, 0.05) is 0 Å². The molecular formula is C14H18O. The van der Waals surface area contributed by atoms with Gasteiger partial charge in [0.2, 0.25) is 0 Å². The van der Waals surface area contributed by atoms with Crippen molar-refractivity contribution in [2.75, 3.05) is 0 Å². The Morgan fingerprint density at radius 1 is 1.20 bits per heavy atom. The zero-order valence-corrected chi connectivity index (χ0v) is 9.13. The highest BCUT2D eigenvalue weighted by Crippen LogP contribution is 2.17. The molecule has 0 fully saturated rings. The largest absolute Gasteiger partial charge is 0.388 e. The molecule has 0 aliphatic heterocycles. The van der Waals surface area contributed by atoms with Crippen molar-refractivity contribution >= 4 is 0 Å². The summed E-state index contributed by atoms with van der Waals surface area (Å²) in [4.78, 5) is 0. The van der Waals surface area contributed by atoms with Crippen LogP contribution in [0.4, 0.5) is 0 Å². The van der Waals surface area contributed by atoms with E-state index in [2.05, 4.69) is 6.08 Å². The van der Waals surface area contributed by atoms with Crippen LogP contribution in [0.3, 0.4) is 0 Å². The SMILES string of the molecule is C/C=C\C=C\CCC(O)c1ccccc1. The molecule has 1 aromatic rings. The summed E-state index contributed by atoms with van der Waals surface area (Å²) in [6.07, 6.45) is 9.41. The predicted octanol–water partition coefficient (Wildman–Crippen LogP) is 3.63. The van der Waals surface area contributed by atoms with E-state index >= 15 is 0 Å². The monoisotopic (exact) mass is 202 g/mol. The average Bonchev–Trinajstić information content (AvgIpc) is 2.30. The molecule has 0 heterocycles. The Balaban J connectivity index is 2.34. The zero-order chi connectivity index (χ0) is 10.9. The Labute approximate surface area is 91.8 Å². The van der Waals surface area contributed by atoms with Gasteiger partial charge >= 0.3 is 0 Å². The minimum absolute atomic E-state index is 0.346. The highest BCUT2D eigenvalue weighted by molar-refractivity contribution is 5.17. The van der Waals surface area contributed by atoms with Crippen molar-refractivity contribution in [3.8, 4) is 0 Å². The molecule has 1 aromatic carbocycles. The summed E-state index contributed by atoms with van der Waals surface area (Å²) in [5.74, 6) is 0. The third kappa shape index (κ3) is 4.61. The second-order valence-electron chi connectivity index (χ2n) is 3.46. The summed E-state index contributed by atoms with van der Waals surface area (Å²) < 4.78 is 0. The lowest BCUT2D eigenvalue weighted by Gasteiger charge is -2.08. The van der Waals surface area contributed by atoms with Crippen LogP contribution in [0.25, 0.3) is 0 Å². The van der Waals surface area contributed by atoms with Gasteiger partial charge in [-0.3, -0.25) is 0 Å². The third-order valence-corrected chi connectivity index (χ3v) is 2.23. The van der Waals surface area contributed by atoms with Crippen molar-refractivity contribution in [3.63, 3.8) is 0 Å². The maximum absolute atomic E-state index is 9.83. The topological polar surface area (TPSA) is 20.2 Å². The van der Waals surface area contributed by atoms with E-state index < -0.39 is 0 Å². The molecular weight excluding hydrogens is 184 g/mol. The molecule has 0 bridgehead atoms. The fourth-order valence-corrected chi connectivity index (χ4v) is 1.38. The van der Waals surface area contributed by atoms with Crippen molar-refractivity contribution in [3.05, 3.63) is 60.2 Å². The Bertz CT molecular complexity index is 311. The molecule has 0 aliphatic carbocycles. The molecule has 0 spiro atoms. The molecule has 1 unspecified atom stereocenters. The maximum Gasteiger partial charge on any atom is 0.0793 e. The number of rotatable bonds is 5. The Hall–Kier alpha value is -1.34. The van der Waals surface area contributed by atoms with Gasteiger partial charge in [-0.2, -0.15) is 0 Å². The van der Waals surface area contributed by atoms with Gasteiger partial charge in [0.15, 0.2) is 0 Å². The number of allylic oxidation sites excluding steroid dienone is 4. The standard InChI is InChI=1S/C14H18O/c1-2-3-4-5-9-12-14(15)13-10-7-6-8-11-13/h2-8,10-11,14-15H,9,12H2,1H3/b3-2-,5-4+. The van der Waals surface area contributed by atoms with Gasteiger partial charge in [-0.25, -0.2) is 0 Å². The van der Waals surface area contributed by atoms with Gasteiger partial charge in [-0.1, -0.05) is 54.6 Å². The quantitative estimate of drug-likeness (QED) is 0.723. The molecule has 1 heteroatoms.